The van der Waals surface area contributed by atoms with Crippen molar-refractivity contribution in [3.05, 3.63) is 72.9 Å². The third-order valence-electron chi connectivity index (χ3n) is 11.5. The summed E-state index contributed by atoms with van der Waals surface area (Å²) in [6, 6.07) is -0.743. The maximum atomic E-state index is 13.1. The molecule has 0 rings (SSSR count). The first-order valence-electron chi connectivity index (χ1n) is 26.2. The van der Waals surface area contributed by atoms with Crippen LogP contribution in [0.15, 0.2) is 72.9 Å². The maximum Gasteiger partial charge on any atom is 0.306 e. The molecule has 0 aliphatic heterocycles. The Balaban J connectivity index is 4.66. The Labute approximate surface area is 383 Å². The number of hydrogen-bond acceptors (Lipinski definition) is 5. The molecular formula is C56H99NO5. The zero-order valence-electron chi connectivity index (χ0n) is 40.7. The van der Waals surface area contributed by atoms with Crippen molar-refractivity contribution < 1.29 is 24.5 Å². The predicted octanol–water partition coefficient (Wildman–Crippen LogP) is 15.8. The summed E-state index contributed by atoms with van der Waals surface area (Å²) in [6.07, 6.45) is 62.9. The fourth-order valence-electron chi connectivity index (χ4n) is 7.56. The second-order valence-electron chi connectivity index (χ2n) is 17.5. The van der Waals surface area contributed by atoms with Gasteiger partial charge < -0.3 is 20.3 Å². The fraction of sp³-hybridized carbons (Fsp3) is 0.750. The van der Waals surface area contributed by atoms with E-state index < -0.39 is 18.2 Å². The van der Waals surface area contributed by atoms with Gasteiger partial charge in [0.05, 0.1) is 25.2 Å². The highest BCUT2D eigenvalue weighted by Gasteiger charge is 2.23. The molecule has 0 aliphatic carbocycles. The van der Waals surface area contributed by atoms with Gasteiger partial charge in [0.1, 0.15) is 6.10 Å². The van der Waals surface area contributed by atoms with Gasteiger partial charge in [-0.1, -0.05) is 229 Å². The lowest BCUT2D eigenvalue weighted by Crippen LogP contribution is -2.46. The number of esters is 1. The zero-order chi connectivity index (χ0) is 45.2. The lowest BCUT2D eigenvalue weighted by atomic mass is 10.0. The van der Waals surface area contributed by atoms with E-state index in [0.29, 0.717) is 19.3 Å². The van der Waals surface area contributed by atoms with Crippen LogP contribution in [0, 0.1) is 0 Å². The van der Waals surface area contributed by atoms with Gasteiger partial charge >= 0.3 is 5.97 Å². The number of aliphatic hydroxyl groups is 2. The van der Waals surface area contributed by atoms with Crippen LogP contribution in [-0.2, 0) is 14.3 Å². The summed E-state index contributed by atoms with van der Waals surface area (Å²) in [4.78, 5) is 26.1. The highest BCUT2D eigenvalue weighted by molar-refractivity contribution is 5.78. The molecule has 0 aliphatic rings. The number of nitrogens with one attached hydrogen (secondary N) is 1. The Bertz CT molecular complexity index is 1150. The Morgan fingerprint density at radius 1 is 0.500 bits per heavy atom. The Kier molecular flexibility index (Phi) is 47.2. The number of ether oxygens (including phenoxy) is 1. The van der Waals surface area contributed by atoms with Crippen LogP contribution < -0.4 is 5.32 Å². The monoisotopic (exact) mass is 866 g/mol. The molecule has 0 radical (unpaired) electrons. The van der Waals surface area contributed by atoms with Gasteiger partial charge in [0.25, 0.3) is 0 Å². The number of carbonyl (C=O) groups excluding carboxylic acids is 2. The maximum absolute atomic E-state index is 13.1. The van der Waals surface area contributed by atoms with Gasteiger partial charge in [0.2, 0.25) is 5.91 Å². The Morgan fingerprint density at radius 2 is 0.903 bits per heavy atom. The topological polar surface area (TPSA) is 95.9 Å². The van der Waals surface area contributed by atoms with E-state index in [1.54, 1.807) is 6.08 Å². The first-order valence-corrected chi connectivity index (χ1v) is 26.2. The lowest BCUT2D eigenvalue weighted by molar-refractivity contribution is -0.148. The molecular weight excluding hydrogens is 767 g/mol. The number of allylic oxidation sites excluding steroid dienone is 11. The highest BCUT2D eigenvalue weighted by atomic mass is 16.5. The standard InChI is InChI=1S/C56H99NO5/c1-4-7-10-13-16-19-22-24-26-27-28-29-30-32-34-37-40-43-46-49-56(61)62-52(47-44-41-38-35-33-31-25-23-20-17-14-11-8-5-2)50-55(60)57-53(51-58)54(59)48-45-42-39-36-21-18-15-12-9-6-3/h8,11,17,20,24-26,31,35,38,44,47,52-54,58-59H,4-7,9-10,12-16,18-19,21-23,27-30,32-34,36-37,39-43,45-46,48-51H2,1-3H3,(H,57,60)/b11-8+,20-17+,26-24+,31-25+,38-35+,47-44+. The Morgan fingerprint density at radius 3 is 1.35 bits per heavy atom. The molecule has 0 bridgehead atoms. The minimum absolute atomic E-state index is 0.0482. The summed E-state index contributed by atoms with van der Waals surface area (Å²) in [5.41, 5.74) is 0. The van der Waals surface area contributed by atoms with Gasteiger partial charge in [0, 0.05) is 6.42 Å². The average molecular weight is 866 g/mol. The summed E-state index contributed by atoms with van der Waals surface area (Å²) >= 11 is 0. The second kappa shape index (κ2) is 49.3. The number of amides is 1. The smallest absolute Gasteiger partial charge is 0.306 e. The van der Waals surface area contributed by atoms with E-state index in [9.17, 15) is 19.8 Å². The van der Waals surface area contributed by atoms with Crippen LogP contribution in [0.25, 0.3) is 0 Å². The molecule has 0 fully saturated rings. The molecule has 0 aromatic carbocycles. The summed E-state index contributed by atoms with van der Waals surface area (Å²) in [5.74, 6) is -0.631. The van der Waals surface area contributed by atoms with Gasteiger partial charge in [0.15, 0.2) is 0 Å². The van der Waals surface area contributed by atoms with Crippen molar-refractivity contribution in [1.82, 2.24) is 5.32 Å². The SMILES string of the molecule is CC/C=C/C/C=C/C/C=C/C/C=C/C/C=C/C(CC(=O)NC(CO)C(O)CCCCCCCCCCCC)OC(=O)CCCCCCCCCCC/C=C/CCCCCCCC. The fourth-order valence-corrected chi connectivity index (χ4v) is 7.56. The molecule has 358 valence electrons. The molecule has 1 amide bonds. The normalized spacial score (nSPS) is 13.8. The molecule has 0 saturated heterocycles. The molecule has 0 heterocycles. The molecule has 3 N–H and O–H groups in total. The number of rotatable bonds is 46. The average Bonchev–Trinajstić information content (AvgIpc) is 3.26. The number of aliphatic hydroxyl groups excluding tert-OH is 2. The number of carbonyl (C=O) groups is 2. The van der Waals surface area contributed by atoms with Crippen LogP contribution in [0.1, 0.15) is 245 Å². The molecule has 0 spiro atoms. The minimum Gasteiger partial charge on any atom is -0.458 e. The molecule has 0 aromatic heterocycles. The third-order valence-corrected chi connectivity index (χ3v) is 11.5. The summed E-state index contributed by atoms with van der Waals surface area (Å²) < 4.78 is 5.82. The second-order valence-corrected chi connectivity index (χ2v) is 17.5. The van der Waals surface area contributed by atoms with E-state index in [1.807, 2.05) is 6.08 Å². The van der Waals surface area contributed by atoms with Gasteiger partial charge in [-0.05, 0) is 76.7 Å². The summed E-state index contributed by atoms with van der Waals surface area (Å²) in [5, 5.41) is 23.6. The van der Waals surface area contributed by atoms with E-state index in [0.717, 1.165) is 64.2 Å². The van der Waals surface area contributed by atoms with Gasteiger partial charge in [-0.3, -0.25) is 9.59 Å². The minimum atomic E-state index is -0.820. The lowest BCUT2D eigenvalue weighted by Gasteiger charge is -2.23. The Hall–Kier alpha value is -2.70. The third kappa shape index (κ3) is 43.9. The quantitative estimate of drug-likeness (QED) is 0.0322. The van der Waals surface area contributed by atoms with E-state index in [4.69, 9.17) is 4.74 Å². The van der Waals surface area contributed by atoms with Crippen molar-refractivity contribution in [2.24, 2.45) is 0 Å². The molecule has 62 heavy (non-hydrogen) atoms. The van der Waals surface area contributed by atoms with Crippen molar-refractivity contribution in [3.63, 3.8) is 0 Å². The van der Waals surface area contributed by atoms with Crippen molar-refractivity contribution >= 4 is 11.9 Å². The van der Waals surface area contributed by atoms with Crippen molar-refractivity contribution in [1.29, 1.82) is 0 Å². The molecule has 3 unspecified atom stereocenters. The van der Waals surface area contributed by atoms with Crippen LogP contribution >= 0.6 is 0 Å². The van der Waals surface area contributed by atoms with E-state index in [2.05, 4.69) is 86.8 Å². The summed E-state index contributed by atoms with van der Waals surface area (Å²) in [6.45, 7) is 6.32. The van der Waals surface area contributed by atoms with E-state index in [1.165, 1.54) is 135 Å². The van der Waals surface area contributed by atoms with Crippen molar-refractivity contribution in [2.45, 2.75) is 264 Å². The van der Waals surface area contributed by atoms with Crippen molar-refractivity contribution in [3.8, 4) is 0 Å². The van der Waals surface area contributed by atoms with Crippen LogP contribution in [0.2, 0.25) is 0 Å². The van der Waals surface area contributed by atoms with Gasteiger partial charge in [-0.25, -0.2) is 0 Å². The van der Waals surface area contributed by atoms with Crippen LogP contribution in [0.3, 0.4) is 0 Å². The van der Waals surface area contributed by atoms with Gasteiger partial charge in [-0.2, -0.15) is 0 Å². The first-order chi connectivity index (χ1) is 30.5. The van der Waals surface area contributed by atoms with E-state index in [-0.39, 0.29) is 24.9 Å². The van der Waals surface area contributed by atoms with Gasteiger partial charge in [-0.15, -0.1) is 0 Å². The largest absolute Gasteiger partial charge is 0.458 e. The zero-order valence-corrected chi connectivity index (χ0v) is 40.7. The molecule has 0 aromatic rings. The molecule has 6 nitrogen and oxygen atoms in total. The molecule has 6 heteroatoms. The number of hydrogen-bond donors (Lipinski definition) is 3. The molecule has 3 atom stereocenters. The van der Waals surface area contributed by atoms with E-state index >= 15 is 0 Å². The number of unbranched alkanes of at least 4 members (excludes halogenated alkanes) is 24. The van der Waals surface area contributed by atoms with Crippen molar-refractivity contribution in [2.75, 3.05) is 6.61 Å². The first kappa shape index (κ1) is 59.3. The highest BCUT2D eigenvalue weighted by Crippen LogP contribution is 2.16. The van der Waals surface area contributed by atoms with Crippen LogP contribution in [0.5, 0.6) is 0 Å². The van der Waals surface area contributed by atoms with Crippen LogP contribution in [0.4, 0.5) is 0 Å². The predicted molar refractivity (Wildman–Crippen MR) is 268 cm³/mol. The summed E-state index contributed by atoms with van der Waals surface area (Å²) in [7, 11) is 0. The van der Waals surface area contributed by atoms with Crippen LogP contribution in [-0.4, -0.2) is 46.9 Å². The molecule has 0 saturated carbocycles.